The Labute approximate surface area is 107 Å². The molecule has 4 nitrogen and oxygen atoms in total. The van der Waals surface area contributed by atoms with Crippen LogP contribution in [-0.2, 0) is 6.54 Å². The summed E-state index contributed by atoms with van der Waals surface area (Å²) in [4.78, 5) is 4.39. The molecule has 0 saturated carbocycles. The zero-order valence-electron chi connectivity index (χ0n) is 10.6. The first kappa shape index (κ1) is 12.2. The Balaban J connectivity index is 1.97. The van der Waals surface area contributed by atoms with E-state index in [0.29, 0.717) is 0 Å². The molecule has 0 aliphatic rings. The summed E-state index contributed by atoms with van der Waals surface area (Å²) in [6, 6.07) is 13.8. The van der Waals surface area contributed by atoms with Crippen molar-refractivity contribution in [1.82, 2.24) is 4.98 Å². The lowest BCUT2D eigenvalue weighted by Gasteiger charge is -2.08. The van der Waals surface area contributed by atoms with E-state index in [9.17, 15) is 0 Å². The zero-order chi connectivity index (χ0) is 12.8. The number of nitrogens with zero attached hydrogens (tertiary/aromatic N) is 1. The Bertz CT molecular complexity index is 497. The Morgan fingerprint density at radius 3 is 2.44 bits per heavy atom. The summed E-state index contributed by atoms with van der Waals surface area (Å²) in [7, 11) is 3.52. The van der Waals surface area contributed by atoms with Crippen LogP contribution in [0.5, 0.6) is 5.75 Å². The fourth-order valence-corrected chi connectivity index (χ4v) is 1.61. The Morgan fingerprint density at radius 2 is 1.78 bits per heavy atom. The van der Waals surface area contributed by atoms with Gasteiger partial charge >= 0.3 is 0 Å². The van der Waals surface area contributed by atoms with Crippen LogP contribution in [0, 0.1) is 0 Å². The predicted molar refractivity (Wildman–Crippen MR) is 74.1 cm³/mol. The zero-order valence-corrected chi connectivity index (χ0v) is 10.6. The summed E-state index contributed by atoms with van der Waals surface area (Å²) in [5.41, 5.74) is 1.19. The number of aromatic nitrogens is 1. The van der Waals surface area contributed by atoms with Crippen LogP contribution in [0.15, 0.2) is 42.5 Å². The molecular weight excluding hydrogens is 226 g/mol. The van der Waals surface area contributed by atoms with Crippen molar-refractivity contribution in [3.05, 3.63) is 48.0 Å². The third-order valence-corrected chi connectivity index (χ3v) is 2.64. The summed E-state index contributed by atoms with van der Waals surface area (Å²) >= 11 is 0. The second-order valence-corrected chi connectivity index (χ2v) is 3.86. The topological polar surface area (TPSA) is 46.2 Å². The van der Waals surface area contributed by atoms with Crippen LogP contribution < -0.4 is 15.4 Å². The van der Waals surface area contributed by atoms with Crippen molar-refractivity contribution in [2.24, 2.45) is 0 Å². The number of nitrogens with one attached hydrogen (secondary N) is 2. The van der Waals surface area contributed by atoms with Gasteiger partial charge in [-0.1, -0.05) is 18.2 Å². The molecule has 0 saturated heterocycles. The maximum absolute atomic E-state index is 5.12. The van der Waals surface area contributed by atoms with E-state index in [1.807, 2.05) is 49.5 Å². The van der Waals surface area contributed by atoms with Crippen LogP contribution >= 0.6 is 0 Å². The Kier molecular flexibility index (Phi) is 4.02. The van der Waals surface area contributed by atoms with E-state index in [-0.39, 0.29) is 0 Å². The molecule has 0 spiro atoms. The van der Waals surface area contributed by atoms with E-state index < -0.39 is 0 Å². The molecule has 2 rings (SSSR count). The van der Waals surface area contributed by atoms with Crippen molar-refractivity contribution in [2.45, 2.75) is 6.54 Å². The molecule has 2 aromatic rings. The second-order valence-electron chi connectivity index (χ2n) is 3.86. The highest BCUT2D eigenvalue weighted by atomic mass is 16.5. The molecule has 18 heavy (non-hydrogen) atoms. The fraction of sp³-hybridized carbons (Fsp3) is 0.214. The molecule has 0 amide bonds. The number of hydrogen-bond donors (Lipinski definition) is 2. The predicted octanol–water partition coefficient (Wildman–Crippen LogP) is 2.74. The molecule has 0 radical (unpaired) electrons. The van der Waals surface area contributed by atoms with E-state index >= 15 is 0 Å². The van der Waals surface area contributed by atoms with Crippen molar-refractivity contribution >= 4 is 11.6 Å². The van der Waals surface area contributed by atoms with Crippen molar-refractivity contribution in [3.63, 3.8) is 0 Å². The maximum Gasteiger partial charge on any atom is 0.128 e. The van der Waals surface area contributed by atoms with Gasteiger partial charge in [0.2, 0.25) is 0 Å². The summed E-state index contributed by atoms with van der Waals surface area (Å²) in [5, 5.41) is 6.29. The smallest absolute Gasteiger partial charge is 0.128 e. The van der Waals surface area contributed by atoms with Crippen LogP contribution in [0.3, 0.4) is 0 Å². The number of ether oxygens (including phenoxy) is 1. The van der Waals surface area contributed by atoms with E-state index in [0.717, 1.165) is 23.9 Å². The molecule has 0 fully saturated rings. The molecule has 0 bridgehead atoms. The largest absolute Gasteiger partial charge is 0.497 e. The minimum atomic E-state index is 0.740. The first-order valence-corrected chi connectivity index (χ1v) is 5.83. The standard InChI is InChI=1S/C14H17N3O/c1-15-13-4-3-5-14(17-13)16-10-11-6-8-12(18-2)9-7-11/h3-9H,10H2,1-2H3,(H2,15,16,17). The normalized spacial score (nSPS) is 9.89. The number of benzene rings is 1. The number of anilines is 2. The van der Waals surface area contributed by atoms with E-state index in [1.165, 1.54) is 5.56 Å². The summed E-state index contributed by atoms with van der Waals surface area (Å²) in [6.45, 7) is 0.740. The van der Waals surface area contributed by atoms with Crippen LogP contribution in [0.2, 0.25) is 0 Å². The second kappa shape index (κ2) is 5.91. The minimum Gasteiger partial charge on any atom is -0.497 e. The Morgan fingerprint density at radius 1 is 1.06 bits per heavy atom. The fourth-order valence-electron chi connectivity index (χ4n) is 1.61. The average Bonchev–Trinajstić information content (AvgIpc) is 2.46. The molecule has 0 atom stereocenters. The van der Waals surface area contributed by atoms with Crippen molar-refractivity contribution in [2.75, 3.05) is 24.8 Å². The summed E-state index contributed by atoms with van der Waals surface area (Å²) in [5.74, 6) is 2.58. The SMILES string of the molecule is CNc1cccc(NCc2ccc(OC)cc2)n1. The number of hydrogen-bond acceptors (Lipinski definition) is 4. The molecule has 0 aliphatic heterocycles. The highest BCUT2D eigenvalue weighted by molar-refractivity contribution is 5.45. The lowest BCUT2D eigenvalue weighted by molar-refractivity contribution is 0.414. The third kappa shape index (κ3) is 3.13. The van der Waals surface area contributed by atoms with Crippen molar-refractivity contribution in [3.8, 4) is 5.75 Å². The van der Waals surface area contributed by atoms with Gasteiger partial charge in [0.25, 0.3) is 0 Å². The number of rotatable bonds is 5. The van der Waals surface area contributed by atoms with E-state index in [2.05, 4.69) is 15.6 Å². The van der Waals surface area contributed by atoms with Gasteiger partial charge in [-0.3, -0.25) is 0 Å². The van der Waals surface area contributed by atoms with Gasteiger partial charge < -0.3 is 15.4 Å². The van der Waals surface area contributed by atoms with E-state index in [1.54, 1.807) is 7.11 Å². The molecule has 1 heterocycles. The highest BCUT2D eigenvalue weighted by Gasteiger charge is 1.97. The van der Waals surface area contributed by atoms with E-state index in [4.69, 9.17) is 4.74 Å². The lowest BCUT2D eigenvalue weighted by atomic mass is 10.2. The van der Waals surface area contributed by atoms with Gasteiger partial charge in [0.1, 0.15) is 17.4 Å². The average molecular weight is 243 g/mol. The van der Waals surface area contributed by atoms with Crippen LogP contribution in [0.25, 0.3) is 0 Å². The van der Waals surface area contributed by atoms with Crippen molar-refractivity contribution < 1.29 is 4.74 Å². The minimum absolute atomic E-state index is 0.740. The van der Waals surface area contributed by atoms with Gasteiger partial charge in [-0.15, -0.1) is 0 Å². The van der Waals surface area contributed by atoms with Gasteiger partial charge in [0.05, 0.1) is 7.11 Å². The van der Waals surface area contributed by atoms with Gasteiger partial charge in [0, 0.05) is 13.6 Å². The Hall–Kier alpha value is -2.23. The molecule has 1 aromatic carbocycles. The molecule has 1 aromatic heterocycles. The molecule has 94 valence electrons. The third-order valence-electron chi connectivity index (χ3n) is 2.64. The molecule has 4 heteroatoms. The summed E-state index contributed by atoms with van der Waals surface area (Å²) < 4.78 is 5.12. The molecule has 0 unspecified atom stereocenters. The first-order valence-electron chi connectivity index (χ1n) is 5.83. The quantitative estimate of drug-likeness (QED) is 0.847. The lowest BCUT2D eigenvalue weighted by Crippen LogP contribution is -2.02. The summed E-state index contributed by atoms with van der Waals surface area (Å²) in [6.07, 6.45) is 0. The maximum atomic E-state index is 5.12. The molecule has 0 aliphatic carbocycles. The number of methoxy groups -OCH3 is 1. The van der Waals surface area contributed by atoms with Crippen molar-refractivity contribution in [1.29, 1.82) is 0 Å². The van der Waals surface area contributed by atoms with Gasteiger partial charge in [-0.2, -0.15) is 0 Å². The van der Waals surface area contributed by atoms with Gasteiger partial charge in [0.15, 0.2) is 0 Å². The highest BCUT2D eigenvalue weighted by Crippen LogP contribution is 2.13. The monoisotopic (exact) mass is 243 g/mol. The van der Waals surface area contributed by atoms with Crippen LogP contribution in [-0.4, -0.2) is 19.1 Å². The van der Waals surface area contributed by atoms with Gasteiger partial charge in [-0.25, -0.2) is 4.98 Å². The van der Waals surface area contributed by atoms with Crippen LogP contribution in [0.4, 0.5) is 11.6 Å². The number of pyridine rings is 1. The van der Waals surface area contributed by atoms with Crippen LogP contribution in [0.1, 0.15) is 5.56 Å². The molecule has 2 N–H and O–H groups in total. The van der Waals surface area contributed by atoms with Gasteiger partial charge in [-0.05, 0) is 29.8 Å². The first-order chi connectivity index (χ1) is 8.81. The molecular formula is C14H17N3O.